The van der Waals surface area contributed by atoms with Crippen LogP contribution in [0.5, 0.6) is 0 Å². The van der Waals surface area contributed by atoms with Gasteiger partial charge in [0.15, 0.2) is 17.5 Å². The van der Waals surface area contributed by atoms with Gasteiger partial charge in [0, 0.05) is 22.9 Å². The van der Waals surface area contributed by atoms with E-state index in [0.29, 0.717) is 23.1 Å². The molecule has 0 spiro atoms. The van der Waals surface area contributed by atoms with Gasteiger partial charge in [-0.05, 0) is 39.8 Å². The van der Waals surface area contributed by atoms with Crippen molar-refractivity contribution >= 4 is 12.7 Å². The second-order valence-corrected chi connectivity index (χ2v) is 9.06. The van der Waals surface area contributed by atoms with Crippen LogP contribution in [0.2, 0.25) is 0 Å². The monoisotopic (exact) mass is 436 g/mol. The molecule has 1 saturated heterocycles. The zero-order valence-corrected chi connectivity index (χ0v) is 19.2. The highest BCUT2D eigenvalue weighted by Crippen LogP contribution is 2.37. The molecule has 0 N–H and O–H groups in total. The lowest BCUT2D eigenvalue weighted by Crippen LogP contribution is -2.41. The second kappa shape index (κ2) is 8.17. The highest BCUT2D eigenvalue weighted by Gasteiger charge is 2.53. The van der Waals surface area contributed by atoms with Gasteiger partial charge in [0.25, 0.3) is 0 Å². The molecule has 2 aromatic heterocycles. The molecule has 0 unspecified atom stereocenters. The Morgan fingerprint density at radius 2 is 1.09 bits per heavy atom. The van der Waals surface area contributed by atoms with Gasteiger partial charge in [0.2, 0.25) is 0 Å². The second-order valence-electron chi connectivity index (χ2n) is 9.06. The Morgan fingerprint density at radius 3 is 1.61 bits per heavy atom. The summed E-state index contributed by atoms with van der Waals surface area (Å²) in [5.41, 5.74) is 2.29. The molecule has 0 saturated carbocycles. The molecule has 0 radical (unpaired) electrons. The average Bonchev–Trinajstić information content (AvgIpc) is 3.06. The fourth-order valence-corrected chi connectivity index (χ4v) is 3.68. The van der Waals surface area contributed by atoms with E-state index in [9.17, 15) is 0 Å². The normalized spacial score (nSPS) is 16.7. The zero-order valence-electron chi connectivity index (χ0n) is 19.2. The third kappa shape index (κ3) is 4.05. The maximum atomic E-state index is 6.29. The van der Waals surface area contributed by atoms with E-state index in [2.05, 4.69) is 4.98 Å². The van der Waals surface area contributed by atoms with Crippen molar-refractivity contribution in [3.63, 3.8) is 0 Å². The molecule has 0 amide bonds. The van der Waals surface area contributed by atoms with Crippen molar-refractivity contribution in [1.82, 2.24) is 19.9 Å². The molecule has 0 aliphatic carbocycles. The summed E-state index contributed by atoms with van der Waals surface area (Å²) in [5.74, 6) is 1.73. The molecule has 3 heterocycles. The zero-order chi connectivity index (χ0) is 23.1. The van der Waals surface area contributed by atoms with Gasteiger partial charge in [0.1, 0.15) is 0 Å². The molecule has 6 nitrogen and oxygen atoms in total. The van der Waals surface area contributed by atoms with E-state index in [1.165, 1.54) is 0 Å². The first kappa shape index (κ1) is 21.4. The van der Waals surface area contributed by atoms with Crippen molar-refractivity contribution in [3.8, 4) is 34.2 Å². The van der Waals surface area contributed by atoms with Crippen molar-refractivity contribution < 1.29 is 9.31 Å². The quantitative estimate of drug-likeness (QED) is 0.437. The van der Waals surface area contributed by atoms with Gasteiger partial charge < -0.3 is 9.31 Å². The molecule has 2 aromatic carbocycles. The largest absolute Gasteiger partial charge is 0.515 e. The van der Waals surface area contributed by atoms with Crippen LogP contribution >= 0.6 is 0 Å². The standard InChI is InChI=1S/C26H25BN4O2/c1-25(2)26(3,4)33-27(32-25)21-20(16-11-17-28-21)24-30-22(18-12-7-5-8-13-18)29-23(31-24)19-14-9-6-10-15-19/h5-17H,1-4H3. The maximum absolute atomic E-state index is 6.29. The summed E-state index contributed by atoms with van der Waals surface area (Å²) in [7, 11) is -0.622. The van der Waals surface area contributed by atoms with Gasteiger partial charge in [-0.3, -0.25) is 4.98 Å². The third-order valence-electron chi connectivity index (χ3n) is 6.26. The molecule has 164 valence electrons. The van der Waals surface area contributed by atoms with Crippen LogP contribution < -0.4 is 5.59 Å². The topological polar surface area (TPSA) is 70.0 Å². The Hall–Kier alpha value is -3.42. The Labute approximate surface area is 194 Å². The van der Waals surface area contributed by atoms with Crippen molar-refractivity contribution in [2.45, 2.75) is 38.9 Å². The van der Waals surface area contributed by atoms with Crippen molar-refractivity contribution in [3.05, 3.63) is 79.0 Å². The van der Waals surface area contributed by atoms with Gasteiger partial charge in [-0.2, -0.15) is 0 Å². The predicted octanol–water partition coefficient (Wildman–Crippen LogP) is 4.57. The van der Waals surface area contributed by atoms with Crippen LogP contribution in [-0.4, -0.2) is 38.3 Å². The number of nitrogens with zero attached hydrogens (tertiary/aromatic N) is 4. The van der Waals surface area contributed by atoms with Crippen LogP contribution in [0.1, 0.15) is 27.7 Å². The average molecular weight is 436 g/mol. The molecule has 7 heteroatoms. The summed E-state index contributed by atoms with van der Waals surface area (Å²) in [5, 5.41) is 0. The molecule has 1 aliphatic rings. The van der Waals surface area contributed by atoms with E-state index in [0.717, 1.165) is 16.7 Å². The fraction of sp³-hybridized carbons (Fsp3) is 0.231. The minimum atomic E-state index is -0.622. The smallest absolute Gasteiger partial charge is 0.398 e. The van der Waals surface area contributed by atoms with Crippen LogP contribution in [0.4, 0.5) is 0 Å². The lowest BCUT2D eigenvalue weighted by molar-refractivity contribution is 0.00578. The van der Waals surface area contributed by atoms with Crippen molar-refractivity contribution in [2.24, 2.45) is 0 Å². The van der Waals surface area contributed by atoms with Crippen LogP contribution in [0, 0.1) is 0 Å². The SMILES string of the molecule is CC1(C)OB(c2ncccc2-c2nc(-c3ccccc3)nc(-c3ccccc3)n2)OC1(C)C. The van der Waals surface area contributed by atoms with Gasteiger partial charge in [-0.25, -0.2) is 15.0 Å². The van der Waals surface area contributed by atoms with Crippen LogP contribution in [0.3, 0.4) is 0 Å². The summed E-state index contributed by atoms with van der Waals surface area (Å²) in [4.78, 5) is 19.1. The molecule has 4 aromatic rings. The van der Waals surface area contributed by atoms with E-state index in [1.807, 2.05) is 100 Å². The molecule has 1 fully saturated rings. The van der Waals surface area contributed by atoms with E-state index in [1.54, 1.807) is 6.20 Å². The van der Waals surface area contributed by atoms with Gasteiger partial charge in [0.05, 0.1) is 16.8 Å². The van der Waals surface area contributed by atoms with E-state index in [4.69, 9.17) is 24.3 Å². The summed E-state index contributed by atoms with van der Waals surface area (Å²) >= 11 is 0. The number of hydrogen-bond acceptors (Lipinski definition) is 6. The molecule has 5 rings (SSSR count). The summed E-state index contributed by atoms with van der Waals surface area (Å²) < 4.78 is 12.6. The number of rotatable bonds is 4. The molecular formula is C26H25BN4O2. The van der Waals surface area contributed by atoms with Gasteiger partial charge in [-0.15, -0.1) is 0 Å². The first-order chi connectivity index (χ1) is 15.8. The fourth-order valence-electron chi connectivity index (χ4n) is 3.68. The summed E-state index contributed by atoms with van der Waals surface area (Å²) in [6, 6.07) is 23.6. The van der Waals surface area contributed by atoms with Crippen LogP contribution in [0.15, 0.2) is 79.0 Å². The lowest BCUT2D eigenvalue weighted by Gasteiger charge is -2.32. The minimum absolute atomic E-state index is 0.476. The van der Waals surface area contributed by atoms with Crippen molar-refractivity contribution in [2.75, 3.05) is 0 Å². The lowest BCUT2D eigenvalue weighted by atomic mass is 9.80. The highest BCUT2D eigenvalue weighted by atomic mass is 16.7. The first-order valence-electron chi connectivity index (χ1n) is 11.0. The van der Waals surface area contributed by atoms with Crippen molar-refractivity contribution in [1.29, 1.82) is 0 Å². The third-order valence-corrected chi connectivity index (χ3v) is 6.26. The van der Waals surface area contributed by atoms with Gasteiger partial charge >= 0.3 is 7.12 Å². The Kier molecular flexibility index (Phi) is 5.31. The molecule has 33 heavy (non-hydrogen) atoms. The van der Waals surface area contributed by atoms with E-state index < -0.39 is 18.3 Å². The molecule has 1 aliphatic heterocycles. The molecule has 0 bridgehead atoms. The maximum Gasteiger partial charge on any atom is 0.515 e. The number of aromatic nitrogens is 4. The summed E-state index contributed by atoms with van der Waals surface area (Å²) in [6.45, 7) is 8.11. The van der Waals surface area contributed by atoms with Crippen LogP contribution in [-0.2, 0) is 9.31 Å². The minimum Gasteiger partial charge on any atom is -0.398 e. The Morgan fingerprint density at radius 1 is 0.606 bits per heavy atom. The Bertz CT molecular complexity index is 1210. The van der Waals surface area contributed by atoms with E-state index >= 15 is 0 Å². The molecular weight excluding hydrogens is 411 g/mol. The molecule has 0 atom stereocenters. The summed E-state index contributed by atoms with van der Waals surface area (Å²) in [6.07, 6.45) is 1.74. The Balaban J connectivity index is 1.66. The first-order valence-corrected chi connectivity index (χ1v) is 11.0. The number of hydrogen-bond donors (Lipinski definition) is 0. The number of pyridine rings is 1. The van der Waals surface area contributed by atoms with Crippen LogP contribution in [0.25, 0.3) is 34.2 Å². The highest BCUT2D eigenvalue weighted by molar-refractivity contribution is 6.62. The predicted molar refractivity (Wildman–Crippen MR) is 130 cm³/mol. The number of benzene rings is 2. The van der Waals surface area contributed by atoms with E-state index in [-0.39, 0.29) is 0 Å². The van der Waals surface area contributed by atoms with Gasteiger partial charge in [-0.1, -0.05) is 60.7 Å².